The quantitative estimate of drug-likeness (QED) is 0.663. The van der Waals surface area contributed by atoms with Crippen LogP contribution in [-0.2, 0) is 6.54 Å². The third-order valence-corrected chi connectivity index (χ3v) is 2.81. The Labute approximate surface area is 104 Å². The molecule has 4 N–H and O–H groups in total. The molecule has 1 heterocycles. The third-order valence-electron chi connectivity index (χ3n) is 2.81. The molecule has 0 unspecified atom stereocenters. The Kier molecular flexibility index (Phi) is 2.46. The molecule has 0 aliphatic rings. The molecule has 0 radical (unpaired) electrons. The predicted octanol–water partition coefficient (Wildman–Crippen LogP) is 1.46. The normalized spacial score (nSPS) is 10.9. The molecule has 0 fully saturated rings. The summed E-state index contributed by atoms with van der Waals surface area (Å²) in [6.07, 6.45) is 0. The molecule has 0 aliphatic heterocycles. The van der Waals surface area contributed by atoms with Crippen LogP contribution >= 0.6 is 0 Å². The van der Waals surface area contributed by atoms with Gasteiger partial charge in [0.05, 0.1) is 5.69 Å². The zero-order valence-corrected chi connectivity index (χ0v) is 9.74. The van der Waals surface area contributed by atoms with Crippen LogP contribution < -0.4 is 11.5 Å². The highest BCUT2D eigenvalue weighted by Gasteiger charge is 2.04. The molecule has 5 heteroatoms. The van der Waals surface area contributed by atoms with Gasteiger partial charge in [-0.2, -0.15) is 4.80 Å². The maximum atomic E-state index is 5.72. The van der Waals surface area contributed by atoms with E-state index in [2.05, 4.69) is 10.2 Å². The zero-order chi connectivity index (χ0) is 12.5. The van der Waals surface area contributed by atoms with E-state index in [1.807, 2.05) is 42.5 Å². The van der Waals surface area contributed by atoms with Crippen LogP contribution in [-0.4, -0.2) is 15.0 Å². The number of rotatable bonds is 2. The van der Waals surface area contributed by atoms with Gasteiger partial charge < -0.3 is 11.5 Å². The molecule has 3 rings (SSSR count). The number of anilines is 1. The van der Waals surface area contributed by atoms with Crippen LogP contribution in [0.15, 0.2) is 42.5 Å². The first-order valence-electron chi connectivity index (χ1n) is 5.68. The van der Waals surface area contributed by atoms with E-state index in [1.54, 1.807) is 4.80 Å². The van der Waals surface area contributed by atoms with Crippen molar-refractivity contribution >= 4 is 16.7 Å². The Morgan fingerprint density at radius 2 is 1.67 bits per heavy atom. The lowest BCUT2D eigenvalue weighted by Crippen LogP contribution is -2.00. The van der Waals surface area contributed by atoms with Crippen molar-refractivity contribution < 1.29 is 0 Å². The summed E-state index contributed by atoms with van der Waals surface area (Å²) >= 11 is 0. The van der Waals surface area contributed by atoms with E-state index in [4.69, 9.17) is 11.5 Å². The Morgan fingerprint density at radius 1 is 0.944 bits per heavy atom. The summed E-state index contributed by atoms with van der Waals surface area (Å²) in [5.41, 5.74) is 15.6. The molecule has 0 atom stereocenters. The largest absolute Gasteiger partial charge is 0.399 e. The molecule has 5 nitrogen and oxygen atoms in total. The van der Waals surface area contributed by atoms with E-state index in [0.29, 0.717) is 12.2 Å². The van der Waals surface area contributed by atoms with Gasteiger partial charge in [0.2, 0.25) is 0 Å². The lowest BCUT2D eigenvalue weighted by molar-refractivity contribution is 0.765. The summed E-state index contributed by atoms with van der Waals surface area (Å²) in [6, 6.07) is 13.3. The highest BCUT2D eigenvalue weighted by Crippen LogP contribution is 2.15. The predicted molar refractivity (Wildman–Crippen MR) is 71.2 cm³/mol. The average Bonchev–Trinajstić information content (AvgIpc) is 2.81. The van der Waals surface area contributed by atoms with Gasteiger partial charge in [-0.05, 0) is 35.9 Å². The maximum absolute atomic E-state index is 5.72. The van der Waals surface area contributed by atoms with E-state index in [0.717, 1.165) is 22.3 Å². The molecule has 90 valence electrons. The third kappa shape index (κ3) is 1.80. The second-order valence-electron chi connectivity index (χ2n) is 4.11. The number of benzene rings is 2. The first-order chi connectivity index (χ1) is 8.76. The van der Waals surface area contributed by atoms with E-state index in [-0.39, 0.29) is 0 Å². The van der Waals surface area contributed by atoms with E-state index < -0.39 is 0 Å². The summed E-state index contributed by atoms with van der Waals surface area (Å²) in [7, 11) is 0. The summed E-state index contributed by atoms with van der Waals surface area (Å²) in [6.45, 7) is 0.533. The van der Waals surface area contributed by atoms with Crippen LogP contribution in [0, 0.1) is 0 Å². The Hall–Kier alpha value is -2.40. The first-order valence-corrected chi connectivity index (χ1v) is 5.68. The van der Waals surface area contributed by atoms with Crippen molar-refractivity contribution in [3.63, 3.8) is 0 Å². The van der Waals surface area contributed by atoms with Crippen LogP contribution in [0.2, 0.25) is 0 Å². The molecule has 0 aliphatic carbocycles. The molecule has 0 amide bonds. The van der Waals surface area contributed by atoms with Crippen molar-refractivity contribution in [2.24, 2.45) is 5.73 Å². The molecule has 0 saturated heterocycles. The van der Waals surface area contributed by atoms with Crippen molar-refractivity contribution in [3.05, 3.63) is 48.0 Å². The van der Waals surface area contributed by atoms with Gasteiger partial charge >= 0.3 is 0 Å². The van der Waals surface area contributed by atoms with Crippen molar-refractivity contribution in [2.75, 3.05) is 5.73 Å². The standard InChI is InChI=1S/C13H13N5/c14-8-9-1-4-11(5-2-9)18-16-12-6-3-10(15)7-13(12)17-18/h1-7H,8,14-15H2. The average molecular weight is 239 g/mol. The maximum Gasteiger partial charge on any atom is 0.115 e. The molecular formula is C13H13N5. The molecule has 1 aromatic heterocycles. The lowest BCUT2D eigenvalue weighted by Gasteiger charge is -2.00. The highest BCUT2D eigenvalue weighted by molar-refractivity contribution is 5.77. The Bertz CT molecular complexity index is 684. The van der Waals surface area contributed by atoms with Crippen LogP contribution in [0.25, 0.3) is 16.7 Å². The fourth-order valence-corrected chi connectivity index (χ4v) is 1.81. The Morgan fingerprint density at radius 3 is 2.39 bits per heavy atom. The molecule has 0 spiro atoms. The van der Waals surface area contributed by atoms with Gasteiger partial charge in [-0.25, -0.2) is 0 Å². The zero-order valence-electron chi connectivity index (χ0n) is 9.74. The van der Waals surface area contributed by atoms with Crippen LogP contribution in [0.4, 0.5) is 5.69 Å². The van der Waals surface area contributed by atoms with E-state index in [9.17, 15) is 0 Å². The number of aromatic nitrogens is 3. The second-order valence-corrected chi connectivity index (χ2v) is 4.11. The van der Waals surface area contributed by atoms with Gasteiger partial charge in [0.1, 0.15) is 11.0 Å². The van der Waals surface area contributed by atoms with Gasteiger partial charge in [-0.3, -0.25) is 0 Å². The summed E-state index contributed by atoms with van der Waals surface area (Å²) in [5.74, 6) is 0. The van der Waals surface area contributed by atoms with Crippen LogP contribution in [0.1, 0.15) is 5.56 Å². The van der Waals surface area contributed by atoms with Gasteiger partial charge in [0, 0.05) is 12.2 Å². The SMILES string of the molecule is NCc1ccc(-n2nc3ccc(N)cc3n2)cc1. The number of fused-ring (bicyclic) bond motifs is 1. The molecule has 2 aromatic carbocycles. The second kappa shape index (κ2) is 4.12. The molecule has 3 aromatic rings. The minimum atomic E-state index is 0.533. The molecular weight excluding hydrogens is 226 g/mol. The minimum Gasteiger partial charge on any atom is -0.399 e. The van der Waals surface area contributed by atoms with Gasteiger partial charge in [0.25, 0.3) is 0 Å². The fourth-order valence-electron chi connectivity index (χ4n) is 1.81. The van der Waals surface area contributed by atoms with Crippen molar-refractivity contribution in [1.29, 1.82) is 0 Å². The van der Waals surface area contributed by atoms with E-state index >= 15 is 0 Å². The van der Waals surface area contributed by atoms with Gasteiger partial charge in [-0.15, -0.1) is 10.2 Å². The molecule has 18 heavy (non-hydrogen) atoms. The number of nitrogen functional groups attached to an aromatic ring is 1. The van der Waals surface area contributed by atoms with E-state index in [1.165, 1.54) is 0 Å². The minimum absolute atomic E-state index is 0.533. The van der Waals surface area contributed by atoms with Gasteiger partial charge in [-0.1, -0.05) is 12.1 Å². The van der Waals surface area contributed by atoms with Crippen molar-refractivity contribution in [1.82, 2.24) is 15.0 Å². The Balaban J connectivity index is 2.07. The van der Waals surface area contributed by atoms with Gasteiger partial charge in [0.15, 0.2) is 0 Å². The molecule has 0 saturated carbocycles. The highest BCUT2D eigenvalue weighted by atomic mass is 15.5. The van der Waals surface area contributed by atoms with Crippen LogP contribution in [0.3, 0.4) is 0 Å². The number of nitrogens with zero attached hydrogens (tertiary/aromatic N) is 3. The lowest BCUT2D eigenvalue weighted by atomic mass is 10.2. The first kappa shape index (κ1) is 10.7. The van der Waals surface area contributed by atoms with Crippen molar-refractivity contribution in [2.45, 2.75) is 6.54 Å². The monoisotopic (exact) mass is 239 g/mol. The number of nitrogens with two attached hydrogens (primary N) is 2. The summed E-state index contributed by atoms with van der Waals surface area (Å²) in [4.78, 5) is 1.60. The van der Waals surface area contributed by atoms with Crippen molar-refractivity contribution in [3.8, 4) is 5.69 Å². The number of hydrogen-bond donors (Lipinski definition) is 2. The van der Waals surface area contributed by atoms with Crippen LogP contribution in [0.5, 0.6) is 0 Å². The smallest absolute Gasteiger partial charge is 0.115 e. The topological polar surface area (TPSA) is 82.8 Å². The number of hydrogen-bond acceptors (Lipinski definition) is 4. The molecule has 0 bridgehead atoms. The fraction of sp³-hybridized carbons (Fsp3) is 0.0769. The summed E-state index contributed by atoms with van der Waals surface area (Å²) < 4.78 is 0. The summed E-state index contributed by atoms with van der Waals surface area (Å²) in [5, 5.41) is 8.79.